The number of rotatable bonds is 2. The Hall–Kier alpha value is -1.23. The second-order valence-corrected chi connectivity index (χ2v) is 6.34. The van der Waals surface area contributed by atoms with Crippen LogP contribution in [0.2, 0.25) is 0 Å². The topological polar surface area (TPSA) is 30.7 Å². The van der Waals surface area contributed by atoms with Gasteiger partial charge in [0.2, 0.25) is 0 Å². The van der Waals surface area contributed by atoms with Crippen LogP contribution >= 0.6 is 15.9 Å². The third kappa shape index (κ3) is 1.91. The van der Waals surface area contributed by atoms with Crippen LogP contribution in [-0.4, -0.2) is 14.8 Å². The predicted molar refractivity (Wildman–Crippen MR) is 74.3 cm³/mol. The van der Waals surface area contributed by atoms with Crippen molar-refractivity contribution in [2.75, 3.05) is 0 Å². The molecule has 100 valence electrons. The van der Waals surface area contributed by atoms with Gasteiger partial charge < -0.3 is 4.57 Å². The highest BCUT2D eigenvalue weighted by atomic mass is 79.9. The van der Waals surface area contributed by atoms with Crippen LogP contribution in [0, 0.1) is 11.7 Å². The Balaban J connectivity index is 2.11. The van der Waals surface area contributed by atoms with Crippen LogP contribution in [0.4, 0.5) is 4.39 Å². The molecule has 1 aromatic carbocycles. The normalized spacial score (nSPS) is 26.2. The largest absolute Gasteiger partial charge is 0.320 e. The summed E-state index contributed by atoms with van der Waals surface area (Å²) in [5.41, 5.74) is 0.982. The summed E-state index contributed by atoms with van der Waals surface area (Å²) in [5.74, 6) is 1.38. The number of hydrogen-bond acceptors (Lipinski definition) is 2. The lowest BCUT2D eigenvalue weighted by molar-refractivity contribution is 0.185. The van der Waals surface area contributed by atoms with Gasteiger partial charge in [-0.05, 0) is 52.4 Å². The highest BCUT2D eigenvalue weighted by molar-refractivity contribution is 9.10. The van der Waals surface area contributed by atoms with E-state index in [2.05, 4.69) is 33.1 Å². The maximum Gasteiger partial charge on any atom is 0.143 e. The van der Waals surface area contributed by atoms with Gasteiger partial charge in [0, 0.05) is 7.05 Å². The molecule has 0 bridgehead atoms. The first-order chi connectivity index (χ1) is 9.03. The van der Waals surface area contributed by atoms with Gasteiger partial charge in [-0.15, -0.1) is 10.2 Å². The van der Waals surface area contributed by atoms with Crippen LogP contribution < -0.4 is 0 Å². The molecule has 1 fully saturated rings. The summed E-state index contributed by atoms with van der Waals surface area (Å²) in [5, 5.41) is 8.26. The van der Waals surface area contributed by atoms with Gasteiger partial charge in [-0.2, -0.15) is 0 Å². The van der Waals surface area contributed by atoms with E-state index in [9.17, 15) is 4.39 Å². The molecule has 19 heavy (non-hydrogen) atoms. The maximum absolute atomic E-state index is 13.4. The minimum absolute atomic E-state index is 0.124. The van der Waals surface area contributed by atoms with Crippen molar-refractivity contribution in [3.63, 3.8) is 0 Å². The van der Waals surface area contributed by atoms with Gasteiger partial charge in [0.25, 0.3) is 0 Å². The number of aromatic nitrogens is 3. The molecule has 2 aromatic rings. The Morgan fingerprint density at radius 3 is 2.68 bits per heavy atom. The van der Waals surface area contributed by atoms with Gasteiger partial charge in [-0.1, -0.05) is 13.0 Å². The van der Waals surface area contributed by atoms with Crippen molar-refractivity contribution in [3.8, 4) is 0 Å². The standard InChI is InChI=1S/C14H15BrFN3/c1-9-6-14(7-9,13-18-17-8-19(13)2)10-3-4-12(16)11(15)5-10/h3-5,8-9H,6-7H2,1-2H3. The highest BCUT2D eigenvalue weighted by Crippen LogP contribution is 2.51. The quantitative estimate of drug-likeness (QED) is 0.847. The maximum atomic E-state index is 13.4. The van der Waals surface area contributed by atoms with Gasteiger partial charge in [0.1, 0.15) is 18.0 Å². The zero-order valence-corrected chi connectivity index (χ0v) is 12.5. The van der Waals surface area contributed by atoms with E-state index in [1.54, 1.807) is 6.33 Å². The summed E-state index contributed by atoms with van der Waals surface area (Å²) < 4.78 is 15.9. The molecule has 3 nitrogen and oxygen atoms in total. The molecule has 0 radical (unpaired) electrons. The van der Waals surface area contributed by atoms with Crippen LogP contribution in [0.5, 0.6) is 0 Å². The van der Waals surface area contributed by atoms with Crippen molar-refractivity contribution in [2.24, 2.45) is 13.0 Å². The summed E-state index contributed by atoms with van der Waals surface area (Å²) >= 11 is 3.27. The fourth-order valence-electron chi connectivity index (χ4n) is 3.19. The van der Waals surface area contributed by atoms with Crippen molar-refractivity contribution >= 4 is 15.9 Å². The van der Waals surface area contributed by atoms with E-state index in [1.807, 2.05) is 23.7 Å². The summed E-state index contributed by atoms with van der Waals surface area (Å²) in [4.78, 5) is 0. The Morgan fingerprint density at radius 1 is 1.42 bits per heavy atom. The summed E-state index contributed by atoms with van der Waals surface area (Å²) in [6.45, 7) is 2.23. The molecule has 0 atom stereocenters. The van der Waals surface area contributed by atoms with Crippen molar-refractivity contribution in [1.29, 1.82) is 0 Å². The van der Waals surface area contributed by atoms with Crippen LogP contribution in [-0.2, 0) is 12.5 Å². The second kappa shape index (κ2) is 4.40. The number of halogens is 2. The van der Waals surface area contributed by atoms with E-state index in [0.717, 1.165) is 24.2 Å². The monoisotopic (exact) mass is 323 g/mol. The minimum atomic E-state index is -0.232. The summed E-state index contributed by atoms with van der Waals surface area (Å²) in [6.07, 6.45) is 3.77. The zero-order chi connectivity index (χ0) is 13.6. The Morgan fingerprint density at radius 2 is 2.16 bits per heavy atom. The van der Waals surface area contributed by atoms with Crippen LogP contribution in [0.15, 0.2) is 29.0 Å². The molecule has 0 spiro atoms. The van der Waals surface area contributed by atoms with Crippen molar-refractivity contribution in [2.45, 2.75) is 25.2 Å². The molecule has 1 aromatic heterocycles. The minimum Gasteiger partial charge on any atom is -0.320 e. The van der Waals surface area contributed by atoms with Gasteiger partial charge in [0.05, 0.1) is 9.89 Å². The SMILES string of the molecule is CC1CC(c2ccc(F)c(Br)c2)(c2nncn2C)C1. The number of hydrogen-bond donors (Lipinski definition) is 0. The lowest BCUT2D eigenvalue weighted by Crippen LogP contribution is -2.43. The van der Waals surface area contributed by atoms with E-state index < -0.39 is 0 Å². The Labute approximate surface area is 120 Å². The smallest absolute Gasteiger partial charge is 0.143 e. The highest BCUT2D eigenvalue weighted by Gasteiger charge is 2.48. The Bertz CT molecular complexity index is 617. The summed E-state index contributed by atoms with van der Waals surface area (Å²) in [7, 11) is 1.96. The van der Waals surface area contributed by atoms with Gasteiger partial charge in [-0.3, -0.25) is 0 Å². The van der Waals surface area contributed by atoms with Crippen molar-refractivity contribution in [1.82, 2.24) is 14.8 Å². The molecule has 1 saturated carbocycles. The fourth-order valence-corrected chi connectivity index (χ4v) is 3.57. The van der Waals surface area contributed by atoms with E-state index in [1.165, 1.54) is 6.07 Å². The molecular weight excluding hydrogens is 309 g/mol. The lowest BCUT2D eigenvalue weighted by Gasteiger charge is -2.46. The van der Waals surface area contributed by atoms with Gasteiger partial charge in [0.15, 0.2) is 0 Å². The lowest BCUT2D eigenvalue weighted by atomic mass is 9.58. The van der Waals surface area contributed by atoms with Gasteiger partial charge in [-0.25, -0.2) is 4.39 Å². The fraction of sp³-hybridized carbons (Fsp3) is 0.429. The molecule has 0 saturated heterocycles. The molecule has 0 unspecified atom stereocenters. The average Bonchev–Trinajstić information content (AvgIpc) is 2.75. The molecule has 0 N–H and O–H groups in total. The average molecular weight is 324 g/mol. The number of benzene rings is 1. The molecular formula is C14H15BrFN3. The van der Waals surface area contributed by atoms with Crippen LogP contribution in [0.1, 0.15) is 31.2 Å². The first kappa shape index (κ1) is 12.8. The third-order valence-electron chi connectivity index (χ3n) is 4.01. The van der Waals surface area contributed by atoms with E-state index in [0.29, 0.717) is 10.4 Å². The molecule has 1 heterocycles. The second-order valence-electron chi connectivity index (χ2n) is 5.49. The van der Waals surface area contributed by atoms with E-state index in [4.69, 9.17) is 0 Å². The van der Waals surface area contributed by atoms with Gasteiger partial charge >= 0.3 is 0 Å². The van der Waals surface area contributed by atoms with Crippen molar-refractivity contribution in [3.05, 3.63) is 46.2 Å². The Kier molecular flexibility index (Phi) is 2.96. The zero-order valence-electron chi connectivity index (χ0n) is 10.9. The first-order valence-electron chi connectivity index (χ1n) is 6.33. The van der Waals surface area contributed by atoms with E-state index in [-0.39, 0.29) is 11.2 Å². The number of aryl methyl sites for hydroxylation is 1. The third-order valence-corrected chi connectivity index (χ3v) is 4.61. The van der Waals surface area contributed by atoms with Crippen molar-refractivity contribution < 1.29 is 4.39 Å². The molecule has 5 heteroatoms. The molecule has 3 rings (SSSR count). The first-order valence-corrected chi connectivity index (χ1v) is 7.12. The molecule has 1 aliphatic rings. The predicted octanol–water partition coefficient (Wildman–Crippen LogP) is 3.43. The van der Waals surface area contributed by atoms with E-state index >= 15 is 0 Å². The number of nitrogens with zero attached hydrogens (tertiary/aromatic N) is 3. The molecule has 1 aliphatic carbocycles. The summed E-state index contributed by atoms with van der Waals surface area (Å²) in [6, 6.07) is 5.25. The van der Waals surface area contributed by atoms with Crippen LogP contribution in [0.3, 0.4) is 0 Å². The molecule has 0 aliphatic heterocycles. The molecule has 0 amide bonds. The van der Waals surface area contributed by atoms with Crippen LogP contribution in [0.25, 0.3) is 0 Å².